The molecule has 0 unspecified atom stereocenters. The van der Waals surface area contributed by atoms with E-state index in [2.05, 4.69) is 4.90 Å². The molecular weight excluding hydrogens is 304 g/mol. The van der Waals surface area contributed by atoms with Crippen molar-refractivity contribution in [2.75, 3.05) is 39.8 Å². The number of aliphatic hydroxyl groups is 1. The van der Waals surface area contributed by atoms with Crippen LogP contribution in [-0.2, 0) is 0 Å². The first kappa shape index (κ1) is 17.2. The Morgan fingerprint density at radius 1 is 1.08 bits per heavy atom. The molecule has 132 valence electrons. The molecule has 1 aliphatic carbocycles. The van der Waals surface area contributed by atoms with Gasteiger partial charge in [0.1, 0.15) is 5.75 Å². The second-order valence-electron chi connectivity index (χ2n) is 7.08. The second-order valence-corrected chi connectivity index (χ2v) is 7.08. The van der Waals surface area contributed by atoms with Crippen molar-refractivity contribution < 1.29 is 14.6 Å². The molecule has 1 amide bonds. The molecular formula is C19H28N2O3. The van der Waals surface area contributed by atoms with Gasteiger partial charge in [-0.05, 0) is 37.1 Å². The highest BCUT2D eigenvalue weighted by atomic mass is 16.5. The number of β-amino-alcohol motifs (C(OH)–C–C–N with tert-alkyl or cyclic N) is 1. The average molecular weight is 332 g/mol. The van der Waals surface area contributed by atoms with E-state index in [-0.39, 0.29) is 5.91 Å². The first-order valence-electron chi connectivity index (χ1n) is 8.98. The van der Waals surface area contributed by atoms with Crippen LogP contribution in [0.25, 0.3) is 0 Å². The van der Waals surface area contributed by atoms with Crippen LogP contribution in [0, 0.1) is 0 Å². The predicted octanol–water partition coefficient (Wildman–Crippen LogP) is 2.15. The van der Waals surface area contributed by atoms with Crippen molar-refractivity contribution >= 4 is 5.91 Å². The Kier molecular flexibility index (Phi) is 5.41. The lowest BCUT2D eigenvalue weighted by Crippen LogP contribution is -2.53. The number of benzene rings is 1. The summed E-state index contributed by atoms with van der Waals surface area (Å²) in [6.07, 6.45) is 5.33. The number of hydrogen-bond donors (Lipinski definition) is 1. The quantitative estimate of drug-likeness (QED) is 0.918. The molecule has 0 radical (unpaired) electrons. The maximum atomic E-state index is 12.6. The largest absolute Gasteiger partial charge is 0.497 e. The molecule has 24 heavy (non-hydrogen) atoms. The molecule has 1 aliphatic heterocycles. The zero-order valence-electron chi connectivity index (χ0n) is 14.5. The van der Waals surface area contributed by atoms with Gasteiger partial charge >= 0.3 is 0 Å². The minimum Gasteiger partial charge on any atom is -0.497 e. The summed E-state index contributed by atoms with van der Waals surface area (Å²) in [7, 11) is 1.62. The first-order valence-corrected chi connectivity index (χ1v) is 8.98. The molecule has 0 aromatic heterocycles. The topological polar surface area (TPSA) is 53.0 Å². The maximum Gasteiger partial charge on any atom is 0.253 e. The van der Waals surface area contributed by atoms with Crippen molar-refractivity contribution in [2.45, 2.75) is 37.7 Å². The van der Waals surface area contributed by atoms with E-state index < -0.39 is 5.60 Å². The summed E-state index contributed by atoms with van der Waals surface area (Å²) in [5.74, 6) is 0.839. The van der Waals surface area contributed by atoms with Gasteiger partial charge in [0, 0.05) is 38.3 Å². The Balaban J connectivity index is 1.51. The van der Waals surface area contributed by atoms with E-state index >= 15 is 0 Å². The normalized spacial score (nSPS) is 21.5. The number of piperazine rings is 1. The number of carbonyl (C=O) groups is 1. The van der Waals surface area contributed by atoms with Gasteiger partial charge in [-0.2, -0.15) is 0 Å². The van der Waals surface area contributed by atoms with Crippen LogP contribution in [0.15, 0.2) is 24.3 Å². The van der Waals surface area contributed by atoms with E-state index in [0.29, 0.717) is 5.56 Å². The Morgan fingerprint density at radius 3 is 2.29 bits per heavy atom. The highest BCUT2D eigenvalue weighted by molar-refractivity contribution is 5.94. The minimum atomic E-state index is -0.513. The molecule has 1 aromatic carbocycles. The van der Waals surface area contributed by atoms with Gasteiger partial charge in [-0.3, -0.25) is 9.69 Å². The Labute approximate surface area is 144 Å². The molecule has 0 spiro atoms. The van der Waals surface area contributed by atoms with Gasteiger partial charge in [0.25, 0.3) is 5.91 Å². The summed E-state index contributed by atoms with van der Waals surface area (Å²) < 4.78 is 5.13. The number of amides is 1. The van der Waals surface area contributed by atoms with Gasteiger partial charge in [-0.1, -0.05) is 19.3 Å². The van der Waals surface area contributed by atoms with Crippen molar-refractivity contribution in [3.8, 4) is 5.75 Å². The monoisotopic (exact) mass is 332 g/mol. The summed E-state index contributed by atoms with van der Waals surface area (Å²) >= 11 is 0. The van der Waals surface area contributed by atoms with Gasteiger partial charge in [-0.15, -0.1) is 0 Å². The maximum absolute atomic E-state index is 12.6. The van der Waals surface area contributed by atoms with E-state index in [0.717, 1.165) is 64.2 Å². The van der Waals surface area contributed by atoms with Crippen LogP contribution < -0.4 is 4.74 Å². The summed E-state index contributed by atoms with van der Waals surface area (Å²) in [5.41, 5.74) is 0.190. The lowest BCUT2D eigenvalue weighted by atomic mass is 9.84. The van der Waals surface area contributed by atoms with E-state index in [9.17, 15) is 9.90 Å². The molecule has 1 aromatic rings. The number of ether oxygens (including phenoxy) is 1. The standard InChI is InChI=1S/C19H28N2O3/c1-24-17-7-5-16(6-8-17)18(22)21-13-11-20(12-14-21)15-19(23)9-3-2-4-10-19/h5-8,23H,2-4,9-15H2,1H3. The van der Waals surface area contributed by atoms with Crippen molar-refractivity contribution in [3.63, 3.8) is 0 Å². The second kappa shape index (κ2) is 7.53. The Bertz CT molecular complexity index is 544. The first-order chi connectivity index (χ1) is 11.6. The summed E-state index contributed by atoms with van der Waals surface area (Å²) in [4.78, 5) is 16.8. The zero-order chi connectivity index (χ0) is 17.0. The van der Waals surface area contributed by atoms with Gasteiger partial charge in [-0.25, -0.2) is 0 Å². The molecule has 0 atom stereocenters. The molecule has 1 N–H and O–H groups in total. The number of methoxy groups -OCH3 is 1. The highest BCUT2D eigenvalue weighted by Crippen LogP contribution is 2.29. The molecule has 5 nitrogen and oxygen atoms in total. The van der Waals surface area contributed by atoms with E-state index in [4.69, 9.17) is 4.74 Å². The van der Waals surface area contributed by atoms with Crippen molar-refractivity contribution in [1.82, 2.24) is 9.80 Å². The average Bonchev–Trinajstić information content (AvgIpc) is 2.62. The summed E-state index contributed by atoms with van der Waals surface area (Å²) in [6, 6.07) is 7.28. The minimum absolute atomic E-state index is 0.0775. The molecule has 5 heteroatoms. The third-order valence-corrected chi connectivity index (χ3v) is 5.30. The molecule has 1 saturated carbocycles. The molecule has 1 heterocycles. The van der Waals surface area contributed by atoms with Crippen molar-refractivity contribution in [1.29, 1.82) is 0 Å². The lowest BCUT2D eigenvalue weighted by Gasteiger charge is -2.41. The number of rotatable bonds is 4. The van der Waals surface area contributed by atoms with Crippen LogP contribution in [0.5, 0.6) is 5.75 Å². The van der Waals surface area contributed by atoms with Gasteiger partial charge in [0.15, 0.2) is 0 Å². The third-order valence-electron chi connectivity index (χ3n) is 5.30. The summed E-state index contributed by atoms with van der Waals surface area (Å²) in [5, 5.41) is 10.7. The van der Waals surface area contributed by atoms with Crippen LogP contribution in [-0.4, -0.2) is 66.2 Å². The third kappa shape index (κ3) is 4.08. The van der Waals surface area contributed by atoms with Gasteiger partial charge in [0.2, 0.25) is 0 Å². The van der Waals surface area contributed by atoms with Crippen LogP contribution in [0.4, 0.5) is 0 Å². The van der Waals surface area contributed by atoms with Crippen molar-refractivity contribution in [3.05, 3.63) is 29.8 Å². The fourth-order valence-electron chi connectivity index (χ4n) is 3.81. The van der Waals surface area contributed by atoms with Crippen molar-refractivity contribution in [2.24, 2.45) is 0 Å². The number of hydrogen-bond acceptors (Lipinski definition) is 4. The van der Waals surface area contributed by atoms with Crippen LogP contribution >= 0.6 is 0 Å². The predicted molar refractivity (Wildman–Crippen MR) is 93.4 cm³/mol. The fraction of sp³-hybridized carbons (Fsp3) is 0.632. The van der Waals surface area contributed by atoms with E-state index in [1.54, 1.807) is 7.11 Å². The molecule has 2 aliphatic rings. The number of carbonyl (C=O) groups excluding carboxylic acids is 1. The zero-order valence-corrected chi connectivity index (χ0v) is 14.5. The van der Waals surface area contributed by atoms with Crippen LogP contribution in [0.1, 0.15) is 42.5 Å². The highest BCUT2D eigenvalue weighted by Gasteiger charge is 2.33. The van der Waals surface area contributed by atoms with E-state index in [1.807, 2.05) is 29.2 Å². The Morgan fingerprint density at radius 2 is 1.71 bits per heavy atom. The van der Waals surface area contributed by atoms with E-state index in [1.165, 1.54) is 6.42 Å². The molecule has 3 rings (SSSR count). The smallest absolute Gasteiger partial charge is 0.253 e. The SMILES string of the molecule is COc1ccc(C(=O)N2CCN(CC3(O)CCCCC3)CC2)cc1. The summed E-state index contributed by atoms with van der Waals surface area (Å²) in [6.45, 7) is 3.87. The number of nitrogens with zero attached hydrogens (tertiary/aromatic N) is 2. The van der Waals surface area contributed by atoms with Gasteiger partial charge < -0.3 is 14.7 Å². The Hall–Kier alpha value is -1.59. The van der Waals surface area contributed by atoms with Gasteiger partial charge in [0.05, 0.1) is 12.7 Å². The molecule has 1 saturated heterocycles. The van der Waals surface area contributed by atoms with Crippen LogP contribution in [0.3, 0.4) is 0 Å². The fourth-order valence-corrected chi connectivity index (χ4v) is 3.81. The lowest BCUT2D eigenvalue weighted by molar-refractivity contribution is -0.0339. The molecule has 0 bridgehead atoms. The van der Waals surface area contributed by atoms with Crippen LogP contribution in [0.2, 0.25) is 0 Å². The molecule has 2 fully saturated rings.